The summed E-state index contributed by atoms with van der Waals surface area (Å²) in [5.41, 5.74) is 7.02. The number of aromatic nitrogens is 1. The quantitative estimate of drug-likeness (QED) is 0.205. The summed E-state index contributed by atoms with van der Waals surface area (Å²) in [4.78, 5) is 41.3. The number of nitrogens with zero attached hydrogens (tertiary/aromatic N) is 2. The average Bonchev–Trinajstić information content (AvgIpc) is 2.81. The third-order valence-corrected chi connectivity index (χ3v) is 5.14. The molecule has 0 aliphatic rings. The van der Waals surface area contributed by atoms with Crippen molar-refractivity contribution in [3.05, 3.63) is 78.0 Å². The van der Waals surface area contributed by atoms with E-state index < -0.39 is 36.3 Å². The predicted octanol–water partition coefficient (Wildman–Crippen LogP) is 0.905. The number of benzene rings is 2. The van der Waals surface area contributed by atoms with Gasteiger partial charge in [-0.25, -0.2) is 10.8 Å². The lowest BCUT2D eigenvalue weighted by Gasteiger charge is -2.25. The van der Waals surface area contributed by atoms with Gasteiger partial charge in [0.25, 0.3) is 11.8 Å². The molecule has 2 atom stereocenters. The lowest BCUT2D eigenvalue weighted by molar-refractivity contribution is -0.137. The number of pyridine rings is 1. The first-order valence-corrected chi connectivity index (χ1v) is 10.6. The van der Waals surface area contributed by atoms with Gasteiger partial charge in [0, 0.05) is 5.39 Å². The van der Waals surface area contributed by atoms with Crippen molar-refractivity contribution < 1.29 is 19.5 Å². The van der Waals surface area contributed by atoms with Crippen LogP contribution in [-0.2, 0) is 16.0 Å². The number of para-hydroxylation sites is 1. The van der Waals surface area contributed by atoms with E-state index in [1.54, 1.807) is 18.2 Å². The minimum absolute atomic E-state index is 0.0856. The van der Waals surface area contributed by atoms with Crippen molar-refractivity contribution in [3.63, 3.8) is 0 Å². The summed E-state index contributed by atoms with van der Waals surface area (Å²) >= 11 is 0. The molecule has 0 fully saturated rings. The molecule has 0 radical (unpaired) electrons. The summed E-state index contributed by atoms with van der Waals surface area (Å²) in [6.07, 6.45) is -0.324. The molecule has 0 aliphatic carbocycles. The van der Waals surface area contributed by atoms with Gasteiger partial charge in [-0.2, -0.15) is 0 Å². The van der Waals surface area contributed by atoms with E-state index in [0.29, 0.717) is 18.4 Å². The summed E-state index contributed by atoms with van der Waals surface area (Å²) < 4.78 is 0. The van der Waals surface area contributed by atoms with Crippen LogP contribution in [0.25, 0.3) is 10.9 Å². The Kier molecular flexibility index (Phi) is 8.06. The first-order chi connectivity index (χ1) is 15.8. The van der Waals surface area contributed by atoms with Crippen LogP contribution in [0.15, 0.2) is 66.7 Å². The van der Waals surface area contributed by atoms with Crippen LogP contribution in [0.2, 0.25) is 0 Å². The standard InChI is InChI=1S/C24H27N5O4/c25-22(31)14-21(28-23(32)20-13-11-17-8-4-5-9-19(17)27-20)24(33)29(26)15-18(30)12-10-16-6-2-1-3-7-16/h1-9,11,13,18,21,30H,10,12,14-15,26H2,(H2,25,31)(H,28,32)/t18-,21+/m1/s1. The molecule has 6 N–H and O–H groups in total. The third kappa shape index (κ3) is 6.83. The van der Waals surface area contributed by atoms with E-state index >= 15 is 0 Å². The lowest BCUT2D eigenvalue weighted by atomic mass is 10.1. The number of carbonyl (C=O) groups excluding carboxylic acids is 3. The highest BCUT2D eigenvalue weighted by Crippen LogP contribution is 2.12. The lowest BCUT2D eigenvalue weighted by Crippen LogP contribution is -2.54. The summed E-state index contributed by atoms with van der Waals surface area (Å²) in [6.45, 7) is -0.162. The fourth-order valence-corrected chi connectivity index (χ4v) is 3.41. The zero-order valence-corrected chi connectivity index (χ0v) is 18.1. The van der Waals surface area contributed by atoms with Crippen molar-refractivity contribution in [2.24, 2.45) is 11.6 Å². The molecule has 3 amide bonds. The van der Waals surface area contributed by atoms with Crippen LogP contribution in [0.5, 0.6) is 0 Å². The Bertz CT molecular complexity index is 1120. The van der Waals surface area contributed by atoms with Gasteiger partial charge in [0.15, 0.2) is 0 Å². The number of hydrazine groups is 1. The van der Waals surface area contributed by atoms with E-state index in [2.05, 4.69) is 10.3 Å². The van der Waals surface area contributed by atoms with E-state index in [4.69, 9.17) is 11.6 Å². The van der Waals surface area contributed by atoms with Gasteiger partial charge in [0.2, 0.25) is 5.91 Å². The molecular formula is C24H27N5O4. The molecule has 0 spiro atoms. The topological polar surface area (TPSA) is 152 Å². The van der Waals surface area contributed by atoms with Crippen molar-refractivity contribution in [2.75, 3.05) is 6.54 Å². The second-order valence-electron chi connectivity index (χ2n) is 7.75. The maximum Gasteiger partial charge on any atom is 0.270 e. The number of aryl methyl sites for hydroxylation is 1. The molecule has 3 aromatic rings. The highest BCUT2D eigenvalue weighted by molar-refractivity contribution is 5.98. The summed E-state index contributed by atoms with van der Waals surface area (Å²) in [6, 6.07) is 18.8. The second kappa shape index (κ2) is 11.2. The van der Waals surface area contributed by atoms with Gasteiger partial charge in [0.05, 0.1) is 24.6 Å². The van der Waals surface area contributed by atoms with Crippen LogP contribution >= 0.6 is 0 Å². The largest absolute Gasteiger partial charge is 0.391 e. The number of hydrogen-bond donors (Lipinski definition) is 4. The number of rotatable bonds is 10. The molecule has 0 bridgehead atoms. The van der Waals surface area contributed by atoms with Crippen molar-refractivity contribution in [3.8, 4) is 0 Å². The number of nitrogens with one attached hydrogen (secondary N) is 1. The molecule has 172 valence electrons. The van der Waals surface area contributed by atoms with E-state index in [9.17, 15) is 19.5 Å². The number of aliphatic hydroxyl groups excluding tert-OH is 1. The van der Waals surface area contributed by atoms with Crippen molar-refractivity contribution >= 4 is 28.6 Å². The molecule has 1 aromatic heterocycles. The normalized spacial score (nSPS) is 12.7. The van der Waals surface area contributed by atoms with Gasteiger partial charge >= 0.3 is 0 Å². The molecule has 33 heavy (non-hydrogen) atoms. The number of carbonyl (C=O) groups is 3. The minimum Gasteiger partial charge on any atom is -0.391 e. The Morgan fingerprint density at radius 2 is 1.70 bits per heavy atom. The van der Waals surface area contributed by atoms with Crippen LogP contribution in [0.1, 0.15) is 28.9 Å². The van der Waals surface area contributed by atoms with Gasteiger partial charge in [-0.3, -0.25) is 19.4 Å². The Balaban J connectivity index is 1.62. The third-order valence-electron chi connectivity index (χ3n) is 5.14. The van der Waals surface area contributed by atoms with E-state index in [1.807, 2.05) is 42.5 Å². The van der Waals surface area contributed by atoms with Crippen molar-refractivity contribution in [2.45, 2.75) is 31.4 Å². The number of hydrogen-bond acceptors (Lipinski definition) is 6. The van der Waals surface area contributed by atoms with Crippen molar-refractivity contribution in [1.29, 1.82) is 0 Å². The molecule has 0 saturated heterocycles. The number of fused-ring (bicyclic) bond motifs is 1. The molecule has 0 unspecified atom stereocenters. The first-order valence-electron chi connectivity index (χ1n) is 10.6. The zero-order chi connectivity index (χ0) is 23.8. The number of aliphatic hydroxyl groups is 1. The van der Waals surface area contributed by atoms with E-state index in [1.165, 1.54) is 6.07 Å². The molecule has 0 aliphatic heterocycles. The molecular weight excluding hydrogens is 422 g/mol. The number of primary amides is 1. The summed E-state index contributed by atoms with van der Waals surface area (Å²) in [5, 5.41) is 14.4. The van der Waals surface area contributed by atoms with E-state index in [-0.39, 0.29) is 12.2 Å². The van der Waals surface area contributed by atoms with Gasteiger partial charge in [0.1, 0.15) is 11.7 Å². The van der Waals surface area contributed by atoms with Gasteiger partial charge in [-0.05, 0) is 30.5 Å². The van der Waals surface area contributed by atoms with Gasteiger partial charge in [-0.1, -0.05) is 54.6 Å². The smallest absolute Gasteiger partial charge is 0.270 e. The van der Waals surface area contributed by atoms with Crippen LogP contribution in [0.3, 0.4) is 0 Å². The summed E-state index contributed by atoms with van der Waals surface area (Å²) in [7, 11) is 0. The Morgan fingerprint density at radius 3 is 2.42 bits per heavy atom. The first kappa shape index (κ1) is 23.8. The van der Waals surface area contributed by atoms with Crippen LogP contribution in [0.4, 0.5) is 0 Å². The minimum atomic E-state index is -1.28. The average molecular weight is 450 g/mol. The maximum atomic E-state index is 12.8. The van der Waals surface area contributed by atoms with Gasteiger partial charge in [-0.15, -0.1) is 0 Å². The van der Waals surface area contributed by atoms with E-state index in [0.717, 1.165) is 16.0 Å². The number of nitrogens with two attached hydrogens (primary N) is 2. The second-order valence-corrected chi connectivity index (χ2v) is 7.75. The van der Waals surface area contributed by atoms with Gasteiger partial charge < -0.3 is 16.2 Å². The highest BCUT2D eigenvalue weighted by atomic mass is 16.3. The van der Waals surface area contributed by atoms with Crippen molar-refractivity contribution in [1.82, 2.24) is 15.3 Å². The molecule has 2 aromatic carbocycles. The molecule has 9 heteroatoms. The summed E-state index contributed by atoms with van der Waals surface area (Å²) in [5.74, 6) is 3.70. The van der Waals surface area contributed by atoms with Crippen LogP contribution in [0, 0.1) is 0 Å². The fraction of sp³-hybridized carbons (Fsp3) is 0.250. The zero-order valence-electron chi connectivity index (χ0n) is 18.1. The molecule has 9 nitrogen and oxygen atoms in total. The van der Waals surface area contributed by atoms with Crippen LogP contribution in [-0.4, -0.2) is 51.5 Å². The fourth-order valence-electron chi connectivity index (χ4n) is 3.41. The number of amides is 3. The SMILES string of the molecule is NC(=O)C[C@H](NC(=O)c1ccc2ccccc2n1)C(=O)N(N)C[C@H](O)CCc1ccccc1. The monoisotopic (exact) mass is 449 g/mol. The molecule has 0 saturated carbocycles. The Hall–Kier alpha value is -3.82. The molecule has 3 rings (SSSR count). The molecule has 1 heterocycles. The Morgan fingerprint density at radius 1 is 1.00 bits per heavy atom. The predicted molar refractivity (Wildman–Crippen MR) is 123 cm³/mol. The van der Waals surface area contributed by atoms with Crippen LogP contribution < -0.4 is 16.9 Å². The Labute approximate surface area is 191 Å². The highest BCUT2D eigenvalue weighted by Gasteiger charge is 2.28. The maximum absolute atomic E-state index is 12.8.